The second-order valence-electron chi connectivity index (χ2n) is 5.61. The summed E-state index contributed by atoms with van der Waals surface area (Å²) in [6.45, 7) is 1.14. The number of ether oxygens (including phenoxy) is 1. The van der Waals surface area contributed by atoms with Gasteiger partial charge in [0.15, 0.2) is 5.78 Å². The van der Waals surface area contributed by atoms with Crippen molar-refractivity contribution in [2.75, 3.05) is 20.2 Å². The van der Waals surface area contributed by atoms with Crippen molar-refractivity contribution < 1.29 is 9.53 Å². The molecule has 0 radical (unpaired) electrons. The summed E-state index contributed by atoms with van der Waals surface area (Å²) in [4.78, 5) is 18.9. The Hall–Kier alpha value is -2.53. The molecule has 0 atom stereocenters. The number of rotatable bonds is 7. The van der Waals surface area contributed by atoms with Crippen LogP contribution in [-0.2, 0) is 5.75 Å². The predicted molar refractivity (Wildman–Crippen MR) is 101 cm³/mol. The molecule has 25 heavy (non-hydrogen) atoms. The number of thioether (sulfide) groups is 1. The molecule has 0 saturated carbocycles. The topological polar surface area (TPSA) is 42.4 Å². The van der Waals surface area contributed by atoms with Crippen molar-refractivity contribution in [2.45, 2.75) is 10.8 Å². The zero-order chi connectivity index (χ0) is 17.5. The van der Waals surface area contributed by atoms with E-state index in [0.717, 1.165) is 22.9 Å². The molecule has 0 bridgehead atoms. The molecule has 0 spiro atoms. The second-order valence-corrected chi connectivity index (χ2v) is 6.60. The van der Waals surface area contributed by atoms with E-state index in [1.54, 1.807) is 25.1 Å². The number of allylic oxidation sites excluding steroid dienone is 2. The Labute approximate surface area is 152 Å². The van der Waals surface area contributed by atoms with E-state index in [2.05, 4.69) is 4.98 Å². The predicted octanol–water partition coefficient (Wildman–Crippen LogP) is 3.95. The summed E-state index contributed by atoms with van der Waals surface area (Å²) in [6, 6.07) is 11.5. The molecule has 1 aromatic carbocycles. The molecule has 0 aliphatic carbocycles. The van der Waals surface area contributed by atoms with Gasteiger partial charge < -0.3 is 9.64 Å². The first-order valence-corrected chi connectivity index (χ1v) is 9.06. The molecule has 3 rings (SSSR count). The summed E-state index contributed by atoms with van der Waals surface area (Å²) in [7, 11) is 1.65. The largest absolute Gasteiger partial charge is 0.496 e. The maximum absolute atomic E-state index is 12.6. The van der Waals surface area contributed by atoms with Crippen LogP contribution in [-0.4, -0.2) is 35.9 Å². The fourth-order valence-electron chi connectivity index (χ4n) is 2.55. The number of methoxy groups -OCH3 is 1. The van der Waals surface area contributed by atoms with Crippen LogP contribution in [0.2, 0.25) is 0 Å². The van der Waals surface area contributed by atoms with Crippen molar-refractivity contribution in [1.82, 2.24) is 9.88 Å². The maximum atomic E-state index is 12.6. The minimum absolute atomic E-state index is 0.103. The molecular formula is C20H20N2O2S. The number of Topliss-reactive ketones (excluding diaryl/α,β-unsaturated/α-hetero) is 1. The smallest absolute Gasteiger partial charge is 0.182 e. The van der Waals surface area contributed by atoms with Gasteiger partial charge in [-0.2, -0.15) is 0 Å². The monoisotopic (exact) mass is 352 g/mol. The number of aromatic nitrogens is 1. The Kier molecular flexibility index (Phi) is 5.90. The third-order valence-corrected chi connectivity index (χ3v) is 4.84. The van der Waals surface area contributed by atoms with E-state index < -0.39 is 0 Å². The van der Waals surface area contributed by atoms with Crippen molar-refractivity contribution in [3.05, 3.63) is 78.1 Å². The molecule has 0 N–H and O–H groups in total. The first-order valence-electron chi connectivity index (χ1n) is 8.07. The van der Waals surface area contributed by atoms with Gasteiger partial charge in [-0.05, 0) is 42.6 Å². The Balaban J connectivity index is 1.71. The van der Waals surface area contributed by atoms with Crippen molar-refractivity contribution in [1.29, 1.82) is 0 Å². The van der Waals surface area contributed by atoms with Crippen LogP contribution in [0.4, 0.5) is 0 Å². The van der Waals surface area contributed by atoms with Crippen molar-refractivity contribution in [3.8, 4) is 5.75 Å². The van der Waals surface area contributed by atoms with Crippen LogP contribution in [0.1, 0.15) is 15.9 Å². The summed E-state index contributed by atoms with van der Waals surface area (Å²) in [5.74, 6) is 1.60. The molecule has 4 nitrogen and oxygen atoms in total. The number of benzene rings is 1. The number of ketones is 1. The van der Waals surface area contributed by atoms with Gasteiger partial charge in [0.1, 0.15) is 5.75 Å². The standard InChI is InChI=1S/C20H20N2O2S/c1-24-19-9-8-16(18(23)14-22-11-5-2-6-12-22)13-17(19)15-25-20-7-3-4-10-21-20/h2-11,13H,12,14-15H2,1H3. The number of carbonyl (C=O) groups excluding carboxylic acids is 1. The van der Waals surface area contributed by atoms with E-state index >= 15 is 0 Å². The number of carbonyl (C=O) groups is 1. The lowest BCUT2D eigenvalue weighted by molar-refractivity contribution is 0.0959. The highest BCUT2D eigenvalue weighted by molar-refractivity contribution is 7.98. The Morgan fingerprint density at radius 3 is 2.92 bits per heavy atom. The van der Waals surface area contributed by atoms with E-state index in [-0.39, 0.29) is 5.78 Å². The molecule has 0 fully saturated rings. The third kappa shape index (κ3) is 4.73. The summed E-state index contributed by atoms with van der Waals surface area (Å²) >= 11 is 1.63. The van der Waals surface area contributed by atoms with Gasteiger partial charge in [-0.3, -0.25) is 4.79 Å². The molecule has 128 valence electrons. The number of nitrogens with zero attached hydrogens (tertiary/aromatic N) is 2. The summed E-state index contributed by atoms with van der Waals surface area (Å²) < 4.78 is 5.44. The molecule has 0 unspecified atom stereocenters. The van der Waals surface area contributed by atoms with Gasteiger partial charge in [-0.25, -0.2) is 4.98 Å². The molecule has 5 heteroatoms. The molecule has 1 aromatic heterocycles. The van der Waals surface area contributed by atoms with Gasteiger partial charge in [-0.1, -0.05) is 18.2 Å². The summed E-state index contributed by atoms with van der Waals surface area (Å²) in [5.41, 5.74) is 1.71. The average molecular weight is 352 g/mol. The van der Waals surface area contributed by atoms with Crippen LogP contribution in [0, 0.1) is 0 Å². The summed E-state index contributed by atoms with van der Waals surface area (Å²) in [6.07, 6.45) is 9.69. The fourth-order valence-corrected chi connectivity index (χ4v) is 3.39. The molecule has 1 aliphatic heterocycles. The van der Waals surface area contributed by atoms with Gasteiger partial charge >= 0.3 is 0 Å². The minimum Gasteiger partial charge on any atom is -0.496 e. The lowest BCUT2D eigenvalue weighted by atomic mass is 10.1. The van der Waals surface area contributed by atoms with Crippen LogP contribution < -0.4 is 4.74 Å². The lowest BCUT2D eigenvalue weighted by Gasteiger charge is -2.19. The molecule has 2 aromatic rings. The molecule has 0 amide bonds. The Morgan fingerprint density at radius 2 is 2.20 bits per heavy atom. The molecular weight excluding hydrogens is 332 g/mol. The Morgan fingerprint density at radius 1 is 1.28 bits per heavy atom. The quantitative estimate of drug-likeness (QED) is 0.557. The molecule has 1 aliphatic rings. The second kappa shape index (κ2) is 8.53. The maximum Gasteiger partial charge on any atom is 0.182 e. The Bertz CT molecular complexity index is 788. The minimum atomic E-state index is 0.103. The SMILES string of the molecule is COc1ccc(C(=O)CN2C=CC=CC2)cc1CSc1ccccn1. The van der Waals surface area contributed by atoms with Gasteiger partial charge in [-0.15, -0.1) is 11.8 Å². The van der Waals surface area contributed by atoms with E-state index in [0.29, 0.717) is 17.9 Å². The lowest BCUT2D eigenvalue weighted by Crippen LogP contribution is -2.26. The van der Waals surface area contributed by atoms with Crippen LogP contribution in [0.5, 0.6) is 5.75 Å². The van der Waals surface area contributed by atoms with Crippen molar-refractivity contribution in [3.63, 3.8) is 0 Å². The third-order valence-electron chi connectivity index (χ3n) is 3.85. The van der Waals surface area contributed by atoms with Crippen molar-refractivity contribution >= 4 is 17.5 Å². The van der Waals surface area contributed by atoms with Crippen LogP contribution in [0.25, 0.3) is 0 Å². The highest BCUT2D eigenvalue weighted by Gasteiger charge is 2.13. The first kappa shape index (κ1) is 17.3. The summed E-state index contributed by atoms with van der Waals surface area (Å²) in [5, 5.41) is 0.950. The zero-order valence-corrected chi connectivity index (χ0v) is 14.9. The zero-order valence-electron chi connectivity index (χ0n) is 14.1. The highest BCUT2D eigenvalue weighted by Crippen LogP contribution is 2.28. The van der Waals surface area contributed by atoms with Gasteiger partial charge in [0.05, 0.1) is 18.7 Å². The van der Waals surface area contributed by atoms with Crippen LogP contribution in [0.3, 0.4) is 0 Å². The normalized spacial score (nSPS) is 13.1. The molecule has 2 heterocycles. The number of hydrogen-bond donors (Lipinski definition) is 0. The van der Waals surface area contributed by atoms with Crippen LogP contribution in [0.15, 0.2) is 72.0 Å². The van der Waals surface area contributed by atoms with Gasteiger partial charge in [0.25, 0.3) is 0 Å². The van der Waals surface area contributed by atoms with Crippen LogP contribution >= 0.6 is 11.8 Å². The highest BCUT2D eigenvalue weighted by atomic mass is 32.2. The fraction of sp³-hybridized carbons (Fsp3) is 0.200. The average Bonchev–Trinajstić information content (AvgIpc) is 2.67. The molecule has 0 saturated heterocycles. The number of pyridine rings is 1. The first-order chi connectivity index (χ1) is 12.3. The van der Waals surface area contributed by atoms with Gasteiger partial charge in [0, 0.05) is 29.6 Å². The van der Waals surface area contributed by atoms with E-state index in [1.807, 2.05) is 65.7 Å². The van der Waals surface area contributed by atoms with E-state index in [1.165, 1.54) is 0 Å². The van der Waals surface area contributed by atoms with E-state index in [9.17, 15) is 4.79 Å². The van der Waals surface area contributed by atoms with Gasteiger partial charge in [0.2, 0.25) is 0 Å². The number of hydrogen-bond acceptors (Lipinski definition) is 5. The van der Waals surface area contributed by atoms with Crippen molar-refractivity contribution in [2.24, 2.45) is 0 Å². The van der Waals surface area contributed by atoms with E-state index in [4.69, 9.17) is 4.74 Å².